The van der Waals surface area contributed by atoms with E-state index in [1.165, 1.54) is 6.08 Å². The normalized spacial score (nSPS) is 14.9. The molecule has 1 aliphatic heterocycles. The minimum atomic E-state index is -0.0638. The Morgan fingerprint density at radius 2 is 1.70 bits per heavy atom. The highest BCUT2D eigenvalue weighted by Gasteiger charge is 2.20. The van der Waals surface area contributed by atoms with Crippen LogP contribution >= 0.6 is 0 Å². The number of rotatable bonds is 4. The predicted octanol–water partition coefficient (Wildman–Crippen LogP) is 1.41. The van der Waals surface area contributed by atoms with Gasteiger partial charge in [0.2, 0.25) is 11.8 Å². The summed E-state index contributed by atoms with van der Waals surface area (Å²) in [4.78, 5) is 27.0. The Kier molecular flexibility index (Phi) is 5.62. The Bertz CT molecular complexity index is 605. The van der Waals surface area contributed by atoms with Gasteiger partial charge in [-0.1, -0.05) is 0 Å². The number of amides is 2. The second kappa shape index (κ2) is 7.67. The maximum atomic E-state index is 12.2. The molecule has 1 heterocycles. The summed E-state index contributed by atoms with van der Waals surface area (Å²) in [7, 11) is 3.17. The first-order chi connectivity index (χ1) is 11.0. The van der Waals surface area contributed by atoms with Crippen LogP contribution in [0.15, 0.2) is 24.3 Å². The number of ether oxygens (including phenoxy) is 2. The molecule has 6 nitrogen and oxygen atoms in total. The highest BCUT2D eigenvalue weighted by Crippen LogP contribution is 2.25. The van der Waals surface area contributed by atoms with E-state index in [-0.39, 0.29) is 11.8 Å². The number of benzene rings is 1. The molecule has 0 spiro atoms. The van der Waals surface area contributed by atoms with Gasteiger partial charge in [0.25, 0.3) is 0 Å². The van der Waals surface area contributed by atoms with Gasteiger partial charge in [-0.2, -0.15) is 0 Å². The molecule has 0 bridgehead atoms. The van der Waals surface area contributed by atoms with Crippen molar-refractivity contribution < 1.29 is 19.1 Å². The van der Waals surface area contributed by atoms with Gasteiger partial charge in [-0.3, -0.25) is 9.59 Å². The van der Waals surface area contributed by atoms with Crippen LogP contribution in [0.4, 0.5) is 0 Å². The van der Waals surface area contributed by atoms with Gasteiger partial charge >= 0.3 is 0 Å². The highest BCUT2D eigenvalue weighted by molar-refractivity contribution is 5.92. The van der Waals surface area contributed by atoms with Crippen molar-refractivity contribution in [3.05, 3.63) is 29.8 Å². The van der Waals surface area contributed by atoms with Gasteiger partial charge in [0.1, 0.15) is 11.5 Å². The van der Waals surface area contributed by atoms with Gasteiger partial charge in [0, 0.05) is 50.8 Å². The molecule has 0 saturated carbocycles. The van der Waals surface area contributed by atoms with Crippen molar-refractivity contribution in [3.8, 4) is 11.5 Å². The molecule has 124 valence electrons. The van der Waals surface area contributed by atoms with E-state index in [1.54, 1.807) is 43.1 Å². The summed E-state index contributed by atoms with van der Waals surface area (Å²) in [5.41, 5.74) is 0.809. The lowest BCUT2D eigenvalue weighted by Gasteiger charge is -2.33. The standard InChI is InChI=1S/C17H22N2O4/c1-13(20)18-8-10-19(11-9-18)17(21)7-5-14-4-6-15(22-2)12-16(14)23-3/h4-7,12H,8-11H2,1-3H3/b7-5+. The molecule has 0 atom stereocenters. The van der Waals surface area contributed by atoms with Crippen LogP contribution < -0.4 is 9.47 Å². The third-order valence-electron chi connectivity index (χ3n) is 3.88. The van der Waals surface area contributed by atoms with E-state index in [9.17, 15) is 9.59 Å². The molecule has 0 radical (unpaired) electrons. The van der Waals surface area contributed by atoms with Crippen molar-refractivity contribution in [2.75, 3.05) is 40.4 Å². The fraction of sp³-hybridized carbons (Fsp3) is 0.412. The first kappa shape index (κ1) is 16.9. The number of hydrogen-bond acceptors (Lipinski definition) is 4. The summed E-state index contributed by atoms with van der Waals surface area (Å²) in [6, 6.07) is 5.43. The lowest BCUT2D eigenvalue weighted by atomic mass is 10.1. The molecule has 2 amide bonds. The van der Waals surface area contributed by atoms with Crippen LogP contribution in [0.5, 0.6) is 11.5 Å². The molecule has 1 aromatic rings. The van der Waals surface area contributed by atoms with Crippen LogP contribution in [0.3, 0.4) is 0 Å². The second-order valence-corrected chi connectivity index (χ2v) is 5.27. The fourth-order valence-corrected chi connectivity index (χ4v) is 2.46. The summed E-state index contributed by atoms with van der Waals surface area (Å²) in [6.07, 6.45) is 3.27. The third-order valence-corrected chi connectivity index (χ3v) is 3.88. The van der Waals surface area contributed by atoms with Crippen LogP contribution in [0.1, 0.15) is 12.5 Å². The number of methoxy groups -OCH3 is 2. The maximum absolute atomic E-state index is 12.2. The molecule has 2 rings (SSSR count). The summed E-state index contributed by atoms with van der Waals surface area (Å²) in [5.74, 6) is 1.34. The minimum absolute atomic E-state index is 0.0515. The molecule has 0 unspecified atom stereocenters. The van der Waals surface area contributed by atoms with E-state index in [1.807, 2.05) is 12.1 Å². The van der Waals surface area contributed by atoms with E-state index in [0.29, 0.717) is 37.7 Å². The van der Waals surface area contributed by atoms with Crippen molar-refractivity contribution in [2.24, 2.45) is 0 Å². The zero-order chi connectivity index (χ0) is 16.8. The minimum Gasteiger partial charge on any atom is -0.497 e. The van der Waals surface area contributed by atoms with E-state index < -0.39 is 0 Å². The molecule has 0 aliphatic carbocycles. The van der Waals surface area contributed by atoms with Crippen LogP contribution in [0.2, 0.25) is 0 Å². The largest absolute Gasteiger partial charge is 0.497 e. The molecule has 1 saturated heterocycles. The Morgan fingerprint density at radius 3 is 2.26 bits per heavy atom. The van der Waals surface area contributed by atoms with E-state index >= 15 is 0 Å². The summed E-state index contributed by atoms with van der Waals surface area (Å²) >= 11 is 0. The molecule has 1 aromatic carbocycles. The van der Waals surface area contributed by atoms with E-state index in [2.05, 4.69) is 0 Å². The first-order valence-corrected chi connectivity index (χ1v) is 7.49. The van der Waals surface area contributed by atoms with Gasteiger partial charge in [-0.05, 0) is 18.2 Å². The Balaban J connectivity index is 2.00. The fourth-order valence-electron chi connectivity index (χ4n) is 2.46. The maximum Gasteiger partial charge on any atom is 0.246 e. The number of carbonyl (C=O) groups is 2. The quantitative estimate of drug-likeness (QED) is 0.788. The van der Waals surface area contributed by atoms with Crippen molar-refractivity contribution >= 4 is 17.9 Å². The van der Waals surface area contributed by atoms with Crippen molar-refractivity contribution in [2.45, 2.75) is 6.92 Å². The molecule has 0 aromatic heterocycles. The van der Waals surface area contributed by atoms with Crippen LogP contribution in [-0.4, -0.2) is 62.0 Å². The Hall–Kier alpha value is -2.50. The Labute approximate surface area is 136 Å². The smallest absolute Gasteiger partial charge is 0.246 e. The van der Waals surface area contributed by atoms with E-state index in [4.69, 9.17) is 9.47 Å². The molecule has 1 aliphatic rings. The number of hydrogen-bond donors (Lipinski definition) is 0. The lowest BCUT2D eigenvalue weighted by Crippen LogP contribution is -2.49. The lowest BCUT2D eigenvalue weighted by molar-refractivity contribution is -0.135. The molecule has 1 fully saturated rings. The zero-order valence-electron chi connectivity index (χ0n) is 13.7. The van der Waals surface area contributed by atoms with Gasteiger partial charge < -0.3 is 19.3 Å². The van der Waals surface area contributed by atoms with Gasteiger partial charge in [-0.15, -0.1) is 0 Å². The van der Waals surface area contributed by atoms with Crippen LogP contribution in [-0.2, 0) is 9.59 Å². The van der Waals surface area contributed by atoms with Crippen molar-refractivity contribution in [3.63, 3.8) is 0 Å². The molecule has 0 N–H and O–H groups in total. The molecule has 6 heteroatoms. The average molecular weight is 318 g/mol. The van der Waals surface area contributed by atoms with Crippen LogP contribution in [0, 0.1) is 0 Å². The Morgan fingerprint density at radius 1 is 1.04 bits per heavy atom. The van der Waals surface area contributed by atoms with Gasteiger partial charge in [0.15, 0.2) is 0 Å². The second-order valence-electron chi connectivity index (χ2n) is 5.27. The number of carbonyl (C=O) groups excluding carboxylic acids is 2. The number of piperazine rings is 1. The predicted molar refractivity (Wildman–Crippen MR) is 87.4 cm³/mol. The SMILES string of the molecule is COc1ccc(/C=C/C(=O)N2CCN(C(C)=O)CC2)c(OC)c1. The van der Waals surface area contributed by atoms with Crippen molar-refractivity contribution in [1.29, 1.82) is 0 Å². The highest BCUT2D eigenvalue weighted by atomic mass is 16.5. The summed E-state index contributed by atoms with van der Waals surface area (Å²) in [6.45, 7) is 3.83. The molecule has 23 heavy (non-hydrogen) atoms. The summed E-state index contributed by atoms with van der Waals surface area (Å²) in [5, 5.41) is 0. The van der Waals surface area contributed by atoms with Gasteiger partial charge in [0.05, 0.1) is 14.2 Å². The summed E-state index contributed by atoms with van der Waals surface area (Å²) < 4.78 is 10.5. The van der Waals surface area contributed by atoms with E-state index in [0.717, 1.165) is 5.56 Å². The van der Waals surface area contributed by atoms with Crippen molar-refractivity contribution in [1.82, 2.24) is 9.80 Å². The van der Waals surface area contributed by atoms with Crippen LogP contribution in [0.25, 0.3) is 6.08 Å². The first-order valence-electron chi connectivity index (χ1n) is 7.49. The molecular formula is C17H22N2O4. The van der Waals surface area contributed by atoms with Gasteiger partial charge in [-0.25, -0.2) is 0 Å². The third kappa shape index (κ3) is 4.25. The topological polar surface area (TPSA) is 59.1 Å². The molecular weight excluding hydrogens is 296 g/mol. The number of nitrogens with zero attached hydrogens (tertiary/aromatic N) is 2. The average Bonchev–Trinajstić information content (AvgIpc) is 2.59. The monoisotopic (exact) mass is 318 g/mol. The zero-order valence-corrected chi connectivity index (χ0v) is 13.7.